The van der Waals surface area contributed by atoms with E-state index in [1.165, 1.54) is 37.8 Å². The van der Waals surface area contributed by atoms with Crippen molar-refractivity contribution in [3.63, 3.8) is 0 Å². The average Bonchev–Trinajstić information content (AvgIpc) is 2.47. The van der Waals surface area contributed by atoms with E-state index in [1.54, 1.807) is 6.07 Å². The zero-order valence-corrected chi connectivity index (χ0v) is 19.1. The van der Waals surface area contributed by atoms with Crippen LogP contribution < -0.4 is 9.64 Å². The second-order valence-corrected chi connectivity index (χ2v) is 7.60. The van der Waals surface area contributed by atoms with Crippen LogP contribution in [0.15, 0.2) is 18.2 Å². The summed E-state index contributed by atoms with van der Waals surface area (Å²) in [4.78, 5) is 2.28. The van der Waals surface area contributed by atoms with E-state index in [4.69, 9.17) is 0 Å². The Balaban J connectivity index is 0. The van der Waals surface area contributed by atoms with Crippen molar-refractivity contribution in [1.82, 2.24) is 0 Å². The first-order valence-electron chi connectivity index (χ1n) is 8.37. The van der Waals surface area contributed by atoms with Gasteiger partial charge < -0.3 is 9.64 Å². The highest BCUT2D eigenvalue weighted by atomic mass is 35.5. The van der Waals surface area contributed by atoms with Crippen LogP contribution in [0.25, 0.3) is 0 Å². The second-order valence-electron chi connectivity index (χ2n) is 7.60. The van der Waals surface area contributed by atoms with Gasteiger partial charge in [-0.25, -0.2) is 4.39 Å². The van der Waals surface area contributed by atoms with Crippen molar-refractivity contribution in [3.8, 4) is 5.75 Å². The molecular formula is C18H30Cl2F3NOS2. The summed E-state index contributed by atoms with van der Waals surface area (Å²) in [6.45, 7) is 2.35. The fourth-order valence-corrected chi connectivity index (χ4v) is 4.33. The quantitative estimate of drug-likeness (QED) is 0.517. The van der Waals surface area contributed by atoms with Gasteiger partial charge in [0.1, 0.15) is 0 Å². The average molecular weight is 468 g/mol. The number of benzene rings is 1. The molecule has 0 aromatic heterocycles. The minimum atomic E-state index is -3.01. The number of ether oxygens (including phenoxy) is 1. The molecule has 0 unspecified atom stereocenters. The van der Waals surface area contributed by atoms with Crippen molar-refractivity contribution in [3.05, 3.63) is 24.0 Å². The van der Waals surface area contributed by atoms with Crippen LogP contribution in [0.3, 0.4) is 0 Å². The first-order valence-corrected chi connectivity index (χ1v) is 8.37. The maximum absolute atomic E-state index is 14.1. The van der Waals surface area contributed by atoms with Crippen LogP contribution in [0.1, 0.15) is 46.0 Å². The molecule has 160 valence electrons. The van der Waals surface area contributed by atoms with Gasteiger partial charge in [0.2, 0.25) is 0 Å². The smallest absolute Gasteiger partial charge is 0.387 e. The van der Waals surface area contributed by atoms with Crippen molar-refractivity contribution >= 4 is 57.5 Å². The Kier molecular flexibility index (Phi) is 12.7. The van der Waals surface area contributed by atoms with Crippen LogP contribution in [0.5, 0.6) is 5.75 Å². The zero-order valence-electron chi connectivity index (χ0n) is 15.5. The van der Waals surface area contributed by atoms with Gasteiger partial charge in [-0.3, -0.25) is 0 Å². The Morgan fingerprint density at radius 2 is 1.74 bits per heavy atom. The van der Waals surface area contributed by atoms with Crippen molar-refractivity contribution in [2.24, 2.45) is 11.3 Å². The molecule has 2 aliphatic rings. The number of rotatable bonds is 3. The Morgan fingerprint density at radius 1 is 1.11 bits per heavy atom. The molecule has 1 aromatic rings. The fraction of sp³-hybridized carbons (Fsp3) is 0.667. The van der Waals surface area contributed by atoms with Gasteiger partial charge in [0.15, 0.2) is 11.6 Å². The van der Waals surface area contributed by atoms with Crippen LogP contribution in [-0.2, 0) is 0 Å². The van der Waals surface area contributed by atoms with Gasteiger partial charge >= 0.3 is 6.61 Å². The molecule has 27 heavy (non-hydrogen) atoms. The molecule has 0 bridgehead atoms. The third-order valence-corrected chi connectivity index (χ3v) is 5.15. The van der Waals surface area contributed by atoms with E-state index >= 15 is 0 Å². The lowest BCUT2D eigenvalue weighted by Crippen LogP contribution is -2.53. The van der Waals surface area contributed by atoms with Crippen LogP contribution in [-0.4, -0.2) is 19.2 Å². The second kappa shape index (κ2) is 11.8. The molecular weight excluding hydrogens is 438 g/mol. The molecule has 0 amide bonds. The summed E-state index contributed by atoms with van der Waals surface area (Å²) in [7, 11) is 0. The predicted octanol–water partition coefficient (Wildman–Crippen LogP) is 6.29. The highest BCUT2D eigenvalue weighted by molar-refractivity contribution is 7.59. The lowest BCUT2D eigenvalue weighted by Gasteiger charge is -2.51. The summed E-state index contributed by atoms with van der Waals surface area (Å²) in [6, 6.07) is 4.78. The zero-order chi connectivity index (χ0) is 16.6. The number of piperidine rings is 1. The monoisotopic (exact) mass is 467 g/mol. The highest BCUT2D eigenvalue weighted by Gasteiger charge is 2.41. The number of hydrogen-bond donors (Lipinski definition) is 0. The summed E-state index contributed by atoms with van der Waals surface area (Å²) >= 11 is 0. The number of nitrogens with zero attached hydrogens (tertiary/aromatic N) is 1. The minimum Gasteiger partial charge on any atom is -0.432 e. The minimum absolute atomic E-state index is 0. The molecule has 1 saturated carbocycles. The van der Waals surface area contributed by atoms with E-state index in [0.717, 1.165) is 18.7 Å². The number of alkyl halides is 2. The van der Waals surface area contributed by atoms with Crippen LogP contribution in [0.2, 0.25) is 0 Å². The Morgan fingerprint density at radius 3 is 2.33 bits per heavy atom. The van der Waals surface area contributed by atoms with Crippen LogP contribution in [0.4, 0.5) is 18.9 Å². The van der Waals surface area contributed by atoms with Crippen LogP contribution in [0, 0.1) is 17.2 Å². The first-order chi connectivity index (χ1) is 10.9. The molecule has 3 rings (SSSR count). The number of anilines is 1. The van der Waals surface area contributed by atoms with Gasteiger partial charge in [-0.2, -0.15) is 35.8 Å². The van der Waals surface area contributed by atoms with E-state index in [9.17, 15) is 13.2 Å². The Hall–Kier alpha value is -0.110. The summed E-state index contributed by atoms with van der Waals surface area (Å²) in [5.41, 5.74) is 0.946. The lowest BCUT2D eigenvalue weighted by atomic mass is 9.69. The third kappa shape index (κ3) is 7.02. The molecule has 1 saturated heterocycles. The van der Waals surface area contributed by atoms with Gasteiger partial charge in [-0.1, -0.05) is 26.7 Å². The maximum Gasteiger partial charge on any atom is 0.387 e. The van der Waals surface area contributed by atoms with E-state index in [2.05, 4.69) is 23.5 Å². The number of fused-ring (bicyclic) bond motifs is 1. The number of hydrogen-bond acceptors (Lipinski definition) is 2. The Bertz CT molecular complexity index is 582. The SMILES string of the molecule is CC1(C)C[C@H]2CCCC[C@@H]2N(c2ccc(OC(F)F)c(F)c2)C1.Cl.Cl.S.S. The summed E-state index contributed by atoms with van der Waals surface area (Å²) in [5.74, 6) is -0.480. The molecule has 1 aliphatic heterocycles. The third-order valence-electron chi connectivity index (χ3n) is 5.15. The normalized spacial score (nSPS) is 23.0. The molecule has 2 atom stereocenters. The predicted molar refractivity (Wildman–Crippen MR) is 120 cm³/mol. The van der Waals surface area contributed by atoms with Gasteiger partial charge in [-0.15, -0.1) is 24.8 Å². The largest absolute Gasteiger partial charge is 0.432 e. The van der Waals surface area contributed by atoms with Crippen LogP contribution >= 0.6 is 51.8 Å². The van der Waals surface area contributed by atoms with Crippen molar-refractivity contribution in [2.75, 3.05) is 11.4 Å². The summed E-state index contributed by atoms with van der Waals surface area (Å²) in [5, 5.41) is 0. The summed E-state index contributed by atoms with van der Waals surface area (Å²) < 4.78 is 42.9. The van der Waals surface area contributed by atoms with E-state index < -0.39 is 12.4 Å². The van der Waals surface area contributed by atoms with E-state index in [-0.39, 0.29) is 63.0 Å². The van der Waals surface area contributed by atoms with Gasteiger partial charge in [0.05, 0.1) is 0 Å². The molecule has 1 heterocycles. The molecule has 1 aromatic carbocycles. The van der Waals surface area contributed by atoms with Crippen molar-refractivity contribution in [2.45, 2.75) is 58.6 Å². The standard InChI is InChI=1S/C18H24F3NO.2ClH.2H2S/c1-18(2)10-12-5-3-4-6-15(12)22(11-18)13-7-8-16(14(19)9-13)23-17(20)21;;;;/h7-9,12,15,17H,3-6,10-11H2,1-2H3;2*1H;2*1H2/t12-,15+;;;;/m1..../s1. The first kappa shape index (κ1) is 29.1. The molecule has 1 aliphatic carbocycles. The molecule has 0 N–H and O–H groups in total. The van der Waals surface area contributed by atoms with Crippen molar-refractivity contribution in [1.29, 1.82) is 0 Å². The van der Waals surface area contributed by atoms with E-state index in [0.29, 0.717) is 12.0 Å². The van der Waals surface area contributed by atoms with Gasteiger partial charge in [-0.05, 0) is 42.7 Å². The molecule has 2 nitrogen and oxygen atoms in total. The lowest BCUT2D eigenvalue weighted by molar-refractivity contribution is -0.0521. The molecule has 0 radical (unpaired) electrons. The van der Waals surface area contributed by atoms with Crippen molar-refractivity contribution < 1.29 is 17.9 Å². The summed E-state index contributed by atoms with van der Waals surface area (Å²) in [6.07, 6.45) is 6.01. The Labute approximate surface area is 186 Å². The van der Waals surface area contributed by atoms with E-state index in [1.807, 2.05) is 0 Å². The molecule has 9 heteroatoms. The topological polar surface area (TPSA) is 12.5 Å². The molecule has 0 spiro atoms. The molecule has 2 fully saturated rings. The highest BCUT2D eigenvalue weighted by Crippen LogP contribution is 2.44. The maximum atomic E-state index is 14.1. The fourth-order valence-electron chi connectivity index (χ4n) is 4.33. The van der Waals surface area contributed by atoms with Gasteiger partial charge in [0.25, 0.3) is 0 Å². The van der Waals surface area contributed by atoms with Gasteiger partial charge in [0, 0.05) is 24.3 Å². The number of halogens is 5.